The molecule has 0 saturated heterocycles. The Balaban J connectivity index is 4.13. The van der Waals surface area contributed by atoms with Crippen LogP contribution in [0.2, 0.25) is 0 Å². The van der Waals surface area contributed by atoms with Gasteiger partial charge in [0, 0.05) is 5.09 Å². The molecule has 2 nitrogen and oxygen atoms in total. The van der Waals surface area contributed by atoms with Crippen molar-refractivity contribution >= 4 is 22.6 Å². The standard InChI is InChI=1S/C5H10O2S2/c1-7-5(8)4-9(2,3)6/h4H,1-3H3. The van der Waals surface area contributed by atoms with Gasteiger partial charge in [-0.25, -0.2) is 0 Å². The Bertz CT molecular complexity index is 156. The second kappa shape index (κ2) is 3.17. The fourth-order valence-corrected chi connectivity index (χ4v) is 1.53. The molecule has 9 heavy (non-hydrogen) atoms. The quantitative estimate of drug-likeness (QED) is 0.344. The molecule has 0 aromatic carbocycles. The summed E-state index contributed by atoms with van der Waals surface area (Å²) in [5.74, 6) is 0. The summed E-state index contributed by atoms with van der Waals surface area (Å²) in [7, 11) is -0.414. The highest BCUT2D eigenvalue weighted by Crippen LogP contribution is 2.01. The minimum absolute atomic E-state index is 0.296. The topological polar surface area (TPSA) is 26.3 Å². The molecule has 4 heteroatoms. The molecule has 0 unspecified atom stereocenters. The maximum absolute atomic E-state index is 10.9. The molecule has 0 bridgehead atoms. The first-order chi connectivity index (χ1) is 3.95. The molecule has 0 rings (SSSR count). The largest absolute Gasteiger partial charge is 0.738 e. The maximum atomic E-state index is 10.9. The minimum Gasteiger partial charge on any atom is -0.738 e. The summed E-state index contributed by atoms with van der Waals surface area (Å²) in [5, 5.41) is 1.74. The van der Waals surface area contributed by atoms with Crippen molar-refractivity contribution < 1.29 is 8.95 Å². The molecule has 0 aromatic rings. The van der Waals surface area contributed by atoms with Gasteiger partial charge in [-0.15, -0.1) is 4.21 Å². The fourth-order valence-electron chi connectivity index (χ4n) is 0.280. The van der Waals surface area contributed by atoms with E-state index in [0.717, 1.165) is 0 Å². The van der Waals surface area contributed by atoms with Gasteiger partial charge in [-0.2, -0.15) is 0 Å². The summed E-state index contributed by atoms with van der Waals surface area (Å²) >= 11 is 4.65. The van der Waals surface area contributed by atoms with E-state index in [2.05, 4.69) is 17.4 Å². The summed E-state index contributed by atoms with van der Waals surface area (Å²) in [6.45, 7) is 0. The van der Waals surface area contributed by atoms with Crippen molar-refractivity contribution in [2.45, 2.75) is 0 Å². The van der Waals surface area contributed by atoms with Crippen molar-refractivity contribution in [3.63, 3.8) is 0 Å². The van der Waals surface area contributed by atoms with Crippen LogP contribution in [0.4, 0.5) is 0 Å². The van der Waals surface area contributed by atoms with E-state index in [9.17, 15) is 4.21 Å². The molecule has 0 N–H and O–H groups in total. The molecule has 0 aromatic heterocycles. The lowest BCUT2D eigenvalue weighted by molar-refractivity contribution is 0.326. The number of ether oxygens (including phenoxy) is 1. The summed E-state index contributed by atoms with van der Waals surface area (Å²) in [6.07, 6.45) is 3.22. The van der Waals surface area contributed by atoms with Gasteiger partial charge in [-0.05, 0) is 0 Å². The third-order valence-corrected chi connectivity index (χ3v) is 1.80. The molecular formula is C5H10O2S2. The first kappa shape index (κ1) is 8.91. The Labute approximate surface area is 62.1 Å². The Morgan fingerprint density at radius 2 is 2.11 bits per heavy atom. The molecule has 0 fully saturated rings. The van der Waals surface area contributed by atoms with Gasteiger partial charge in [-0.1, -0.05) is 0 Å². The first-order valence-corrected chi connectivity index (χ1v) is 5.17. The van der Waals surface area contributed by atoms with E-state index in [0.29, 0.717) is 5.09 Å². The zero-order valence-electron chi connectivity index (χ0n) is 5.71. The van der Waals surface area contributed by atoms with Crippen LogP contribution in [0.25, 0.3) is 0 Å². The predicted octanol–water partition coefficient (Wildman–Crippen LogP) is 0.738. The Morgan fingerprint density at radius 1 is 1.67 bits per heavy atom. The molecule has 0 heterocycles. The Morgan fingerprint density at radius 3 is 2.22 bits per heavy atom. The van der Waals surface area contributed by atoms with E-state index in [-0.39, 0.29) is 0 Å². The average Bonchev–Trinajstić information content (AvgIpc) is 1.62. The summed E-state index contributed by atoms with van der Waals surface area (Å²) < 4.78 is 15.6. The van der Waals surface area contributed by atoms with Crippen LogP contribution < -0.4 is 0 Å². The third kappa shape index (κ3) is 5.79. The molecule has 0 amide bonds. The Kier molecular flexibility index (Phi) is 3.14. The van der Waals surface area contributed by atoms with E-state index in [1.165, 1.54) is 12.5 Å². The van der Waals surface area contributed by atoms with Crippen LogP contribution in [0.15, 0.2) is 10.5 Å². The van der Waals surface area contributed by atoms with Crippen molar-refractivity contribution in [1.29, 1.82) is 0 Å². The molecule has 0 aliphatic rings. The van der Waals surface area contributed by atoms with Crippen molar-refractivity contribution in [3.8, 4) is 0 Å². The average molecular weight is 166 g/mol. The maximum Gasteiger partial charge on any atom is 0.136 e. The van der Waals surface area contributed by atoms with E-state index in [1.54, 1.807) is 12.5 Å². The van der Waals surface area contributed by atoms with Crippen LogP contribution in [0, 0.1) is 0 Å². The van der Waals surface area contributed by atoms with Gasteiger partial charge in [0.05, 0.1) is 7.11 Å². The van der Waals surface area contributed by atoms with E-state index in [1.807, 2.05) is 0 Å². The SMILES string of the molecule is CO/C([S-])=C/[S+](C)(C)=O. The van der Waals surface area contributed by atoms with Gasteiger partial charge < -0.3 is 17.4 Å². The molecular weight excluding hydrogens is 156 g/mol. The van der Waals surface area contributed by atoms with Gasteiger partial charge in [-0.3, -0.25) is 0 Å². The van der Waals surface area contributed by atoms with Gasteiger partial charge in [0.15, 0.2) is 0 Å². The molecule has 0 saturated carbocycles. The lowest BCUT2D eigenvalue weighted by Gasteiger charge is -2.07. The van der Waals surface area contributed by atoms with Gasteiger partial charge in [0.25, 0.3) is 0 Å². The minimum atomic E-state index is -1.88. The summed E-state index contributed by atoms with van der Waals surface area (Å²) in [6, 6.07) is 0. The van der Waals surface area contributed by atoms with Gasteiger partial charge in [0.1, 0.15) is 27.9 Å². The van der Waals surface area contributed by atoms with Gasteiger partial charge in [0.2, 0.25) is 0 Å². The smallest absolute Gasteiger partial charge is 0.136 e. The van der Waals surface area contributed by atoms with Crippen LogP contribution in [0.1, 0.15) is 0 Å². The van der Waals surface area contributed by atoms with Crippen LogP contribution >= 0.6 is 0 Å². The van der Waals surface area contributed by atoms with Crippen molar-refractivity contribution in [3.05, 3.63) is 10.5 Å². The number of methoxy groups -OCH3 is 1. The second-order valence-electron chi connectivity index (χ2n) is 1.95. The van der Waals surface area contributed by atoms with Crippen molar-refractivity contribution in [1.82, 2.24) is 0 Å². The molecule has 54 valence electrons. The van der Waals surface area contributed by atoms with Gasteiger partial charge >= 0.3 is 0 Å². The summed E-state index contributed by atoms with van der Waals surface area (Å²) in [4.78, 5) is 0. The van der Waals surface area contributed by atoms with Crippen LogP contribution in [0.3, 0.4) is 0 Å². The van der Waals surface area contributed by atoms with E-state index >= 15 is 0 Å². The van der Waals surface area contributed by atoms with Crippen LogP contribution in [-0.2, 0) is 31.5 Å². The highest BCUT2D eigenvalue weighted by Gasteiger charge is 2.05. The predicted molar refractivity (Wildman–Crippen MR) is 42.4 cm³/mol. The fraction of sp³-hybridized carbons (Fsp3) is 0.600. The second-order valence-corrected chi connectivity index (χ2v) is 5.21. The van der Waals surface area contributed by atoms with E-state index < -0.39 is 9.93 Å². The molecule has 0 radical (unpaired) electrons. The first-order valence-electron chi connectivity index (χ1n) is 2.32. The zero-order chi connectivity index (χ0) is 7.49. The molecule has 0 spiro atoms. The van der Waals surface area contributed by atoms with E-state index in [4.69, 9.17) is 0 Å². The molecule has 0 aliphatic heterocycles. The van der Waals surface area contributed by atoms with Crippen molar-refractivity contribution in [2.75, 3.05) is 19.6 Å². The monoisotopic (exact) mass is 166 g/mol. The van der Waals surface area contributed by atoms with Crippen LogP contribution in [0.5, 0.6) is 0 Å². The number of hydrogen-bond acceptors (Lipinski definition) is 3. The molecule has 0 atom stereocenters. The third-order valence-electron chi connectivity index (χ3n) is 0.581. The lowest BCUT2D eigenvalue weighted by Crippen LogP contribution is -2.00. The summed E-state index contributed by atoms with van der Waals surface area (Å²) in [5.41, 5.74) is 0. The lowest BCUT2D eigenvalue weighted by atomic mass is 11.1. The number of rotatable bonds is 2. The molecule has 0 aliphatic carbocycles. The van der Waals surface area contributed by atoms with Crippen molar-refractivity contribution in [2.24, 2.45) is 0 Å². The Hall–Kier alpha value is -0.0900. The highest BCUT2D eigenvalue weighted by atomic mass is 32.2. The van der Waals surface area contributed by atoms with Crippen LogP contribution in [-0.4, -0.2) is 19.6 Å². The number of hydrogen-bond donors (Lipinski definition) is 0. The zero-order valence-corrected chi connectivity index (χ0v) is 7.34. The normalized spacial score (nSPS) is 13.4. The highest BCUT2D eigenvalue weighted by molar-refractivity contribution is 8.04.